The molecule has 5 rings (SSSR count). The first kappa shape index (κ1) is 24.0. The van der Waals surface area contributed by atoms with Crippen molar-refractivity contribution in [3.63, 3.8) is 0 Å². The first-order valence-corrected chi connectivity index (χ1v) is 12.1. The van der Waals surface area contributed by atoms with Crippen molar-refractivity contribution in [2.45, 2.75) is 52.1 Å². The fraction of sp³-hybridized carbons (Fsp3) is 0.276. The van der Waals surface area contributed by atoms with Gasteiger partial charge in [0.2, 0.25) is 0 Å². The van der Waals surface area contributed by atoms with E-state index in [4.69, 9.17) is 15.9 Å². The van der Waals surface area contributed by atoms with E-state index in [1.165, 1.54) is 29.3 Å². The zero-order chi connectivity index (χ0) is 25.6. The topological polar surface area (TPSA) is 63.3 Å². The monoisotopic (exact) mass is 488 g/mol. The minimum absolute atomic E-state index is 0.0328. The van der Waals surface area contributed by atoms with E-state index in [9.17, 15) is 13.2 Å². The molecule has 0 aromatic heterocycles. The van der Waals surface area contributed by atoms with Crippen molar-refractivity contribution in [1.82, 2.24) is 0 Å². The number of nitrogens with one attached hydrogen (secondary N) is 2. The van der Waals surface area contributed by atoms with E-state index in [-0.39, 0.29) is 11.4 Å². The SMILES string of the molecule is Cc1cc(C)cc(C2=NN(c3cc(C(=N)/C=C\C=N)ccc3C(F)(F)F)C(=C3CC3)C3=C2CCC3)c1. The van der Waals surface area contributed by atoms with E-state index in [1.54, 1.807) is 0 Å². The molecule has 1 fully saturated rings. The molecule has 0 spiro atoms. The molecule has 0 radical (unpaired) electrons. The van der Waals surface area contributed by atoms with Gasteiger partial charge in [0.1, 0.15) is 0 Å². The fourth-order valence-corrected chi connectivity index (χ4v) is 5.14. The second-order valence-electron chi connectivity index (χ2n) is 9.57. The van der Waals surface area contributed by atoms with Crippen LogP contribution in [0.1, 0.15) is 59.9 Å². The van der Waals surface area contributed by atoms with Crippen molar-refractivity contribution in [3.05, 3.63) is 98.8 Å². The summed E-state index contributed by atoms with van der Waals surface area (Å²) in [6.07, 6.45) is 3.57. The lowest BCUT2D eigenvalue weighted by molar-refractivity contribution is -0.137. The molecule has 2 aliphatic carbocycles. The Bertz CT molecular complexity index is 1380. The van der Waals surface area contributed by atoms with Gasteiger partial charge in [0, 0.05) is 17.3 Å². The van der Waals surface area contributed by atoms with Crippen molar-refractivity contribution in [2.75, 3.05) is 5.01 Å². The van der Waals surface area contributed by atoms with Gasteiger partial charge in [0.15, 0.2) is 0 Å². The number of nitrogens with zero attached hydrogens (tertiary/aromatic N) is 2. The van der Waals surface area contributed by atoms with Gasteiger partial charge in [-0.1, -0.05) is 23.3 Å². The van der Waals surface area contributed by atoms with E-state index in [0.29, 0.717) is 5.56 Å². The van der Waals surface area contributed by atoms with Crippen LogP contribution in [0.2, 0.25) is 0 Å². The van der Waals surface area contributed by atoms with Gasteiger partial charge in [-0.15, -0.1) is 0 Å². The molecular weight excluding hydrogens is 461 g/mol. The summed E-state index contributed by atoms with van der Waals surface area (Å²) in [4.78, 5) is 0. The third-order valence-electron chi connectivity index (χ3n) is 6.73. The maximum absolute atomic E-state index is 14.3. The van der Waals surface area contributed by atoms with Crippen LogP contribution < -0.4 is 5.01 Å². The van der Waals surface area contributed by atoms with Gasteiger partial charge >= 0.3 is 6.18 Å². The average molecular weight is 489 g/mol. The minimum atomic E-state index is -4.58. The highest BCUT2D eigenvalue weighted by Crippen LogP contribution is 2.49. The highest BCUT2D eigenvalue weighted by Gasteiger charge is 2.40. The van der Waals surface area contributed by atoms with E-state index in [0.717, 1.165) is 89.2 Å². The second kappa shape index (κ2) is 9.04. The lowest BCUT2D eigenvalue weighted by Crippen LogP contribution is -2.28. The molecule has 1 aliphatic heterocycles. The molecule has 36 heavy (non-hydrogen) atoms. The molecule has 0 unspecified atom stereocenters. The highest BCUT2D eigenvalue weighted by atomic mass is 19.4. The van der Waals surface area contributed by atoms with E-state index in [1.807, 2.05) is 26.0 Å². The average Bonchev–Trinajstić information content (AvgIpc) is 3.55. The molecule has 2 aromatic carbocycles. The quantitative estimate of drug-likeness (QED) is 0.417. The Morgan fingerprint density at radius 1 is 0.972 bits per heavy atom. The smallest absolute Gasteiger partial charge is 0.309 e. The van der Waals surface area contributed by atoms with Gasteiger partial charge < -0.3 is 10.8 Å². The molecule has 0 amide bonds. The maximum atomic E-state index is 14.3. The molecular formula is C29H27F3N4. The number of hydrogen-bond donors (Lipinski definition) is 2. The number of benzene rings is 2. The van der Waals surface area contributed by atoms with Crippen molar-refractivity contribution in [3.8, 4) is 0 Å². The molecule has 0 atom stereocenters. The van der Waals surface area contributed by atoms with Gasteiger partial charge in [-0.2, -0.15) is 18.3 Å². The van der Waals surface area contributed by atoms with Gasteiger partial charge in [-0.25, -0.2) is 5.01 Å². The number of rotatable bonds is 5. The van der Waals surface area contributed by atoms with Crippen molar-refractivity contribution in [1.29, 1.82) is 10.8 Å². The van der Waals surface area contributed by atoms with E-state index >= 15 is 0 Å². The summed E-state index contributed by atoms with van der Waals surface area (Å²) in [6.45, 7) is 4.02. The Labute approximate surface area is 208 Å². The van der Waals surface area contributed by atoms with Crippen LogP contribution in [0, 0.1) is 24.7 Å². The normalized spacial score (nSPS) is 17.6. The van der Waals surface area contributed by atoms with Crippen LogP contribution in [0.3, 0.4) is 0 Å². The predicted octanol–water partition coefficient (Wildman–Crippen LogP) is 7.65. The number of alkyl halides is 3. The first-order chi connectivity index (χ1) is 17.2. The first-order valence-electron chi connectivity index (χ1n) is 12.1. The molecule has 2 N–H and O–H groups in total. The van der Waals surface area contributed by atoms with Gasteiger partial charge in [0.25, 0.3) is 0 Å². The molecule has 0 bridgehead atoms. The lowest BCUT2D eigenvalue weighted by Gasteiger charge is -2.32. The Morgan fingerprint density at radius 3 is 2.31 bits per heavy atom. The van der Waals surface area contributed by atoms with Crippen LogP contribution in [0.15, 0.2) is 76.1 Å². The Morgan fingerprint density at radius 2 is 1.67 bits per heavy atom. The summed E-state index contributed by atoms with van der Waals surface area (Å²) < 4.78 is 42.8. The lowest BCUT2D eigenvalue weighted by atomic mass is 9.93. The summed E-state index contributed by atoms with van der Waals surface area (Å²) in [7, 11) is 0. The van der Waals surface area contributed by atoms with Crippen LogP contribution in [-0.2, 0) is 6.18 Å². The zero-order valence-corrected chi connectivity index (χ0v) is 20.3. The number of halogens is 3. The fourth-order valence-electron chi connectivity index (χ4n) is 5.14. The summed E-state index contributed by atoms with van der Waals surface area (Å²) in [6, 6.07) is 9.92. The third kappa shape index (κ3) is 4.45. The van der Waals surface area contributed by atoms with E-state index < -0.39 is 11.7 Å². The largest absolute Gasteiger partial charge is 0.418 e. The minimum Gasteiger partial charge on any atom is -0.309 e. The Balaban J connectivity index is 1.75. The second-order valence-corrected chi connectivity index (χ2v) is 9.57. The van der Waals surface area contributed by atoms with Crippen LogP contribution in [-0.4, -0.2) is 17.6 Å². The van der Waals surface area contributed by atoms with Crippen LogP contribution in [0.25, 0.3) is 0 Å². The molecule has 2 aromatic rings. The number of anilines is 1. The third-order valence-corrected chi connectivity index (χ3v) is 6.73. The number of hydrogen-bond acceptors (Lipinski definition) is 4. The molecule has 7 heteroatoms. The van der Waals surface area contributed by atoms with Crippen LogP contribution in [0.4, 0.5) is 18.9 Å². The van der Waals surface area contributed by atoms with E-state index in [2.05, 4.69) is 6.07 Å². The molecule has 0 saturated heterocycles. The van der Waals surface area contributed by atoms with Crippen molar-refractivity contribution < 1.29 is 13.2 Å². The standard InChI is InChI=1S/C29H27F3N4/c1-17-13-18(2)15-21(14-17)27-22-5-3-6-23(22)28(19-8-9-19)36(35-27)26-16-20(25(34)7-4-12-33)10-11-24(26)29(30,31)32/h4,7,10-16,33-34H,3,5-6,8-9H2,1-2H3/b7-4-,33-12?,34-25?. The maximum Gasteiger partial charge on any atom is 0.418 e. The highest BCUT2D eigenvalue weighted by molar-refractivity contribution is 6.15. The molecule has 184 valence electrons. The summed E-state index contributed by atoms with van der Waals surface area (Å²) >= 11 is 0. The van der Waals surface area contributed by atoms with Crippen LogP contribution in [0.5, 0.6) is 0 Å². The zero-order valence-electron chi connectivity index (χ0n) is 20.3. The molecule has 4 nitrogen and oxygen atoms in total. The summed E-state index contributed by atoms with van der Waals surface area (Å²) in [5, 5.41) is 21.9. The summed E-state index contributed by atoms with van der Waals surface area (Å²) in [5.41, 5.74) is 7.50. The molecule has 1 saturated carbocycles. The predicted molar refractivity (Wildman–Crippen MR) is 138 cm³/mol. The number of aryl methyl sites for hydroxylation is 2. The van der Waals surface area contributed by atoms with Crippen molar-refractivity contribution in [2.24, 2.45) is 5.10 Å². The summed E-state index contributed by atoms with van der Waals surface area (Å²) in [5.74, 6) is 0. The van der Waals surface area contributed by atoms with Crippen molar-refractivity contribution >= 4 is 23.3 Å². The van der Waals surface area contributed by atoms with Gasteiger partial charge in [-0.3, -0.25) is 0 Å². The van der Waals surface area contributed by atoms with Gasteiger partial charge in [0.05, 0.1) is 28.4 Å². The van der Waals surface area contributed by atoms with Crippen LogP contribution >= 0.6 is 0 Å². The number of allylic oxidation sites excluding steroid dienone is 5. The Hall–Kier alpha value is -3.74. The Kier molecular flexibility index (Phi) is 6.02. The van der Waals surface area contributed by atoms with Gasteiger partial charge in [-0.05, 0) is 99.1 Å². The number of hydrazone groups is 1. The molecule has 1 heterocycles. The molecule has 3 aliphatic rings.